The summed E-state index contributed by atoms with van der Waals surface area (Å²) in [7, 11) is 0. The number of aryl methyl sites for hydroxylation is 3. The molecule has 1 atom stereocenters. The van der Waals surface area contributed by atoms with Crippen molar-refractivity contribution in [2.45, 2.75) is 40.2 Å². The van der Waals surface area contributed by atoms with Crippen molar-refractivity contribution in [3.63, 3.8) is 0 Å². The second-order valence-electron chi connectivity index (χ2n) is 5.08. The van der Waals surface area contributed by atoms with E-state index < -0.39 is 0 Å². The molecule has 1 unspecified atom stereocenters. The minimum Gasteiger partial charge on any atom is -0.328 e. The average Bonchev–Trinajstić information content (AvgIpc) is 2.13. The molecule has 2 nitrogen and oxygen atoms in total. The molecule has 0 bridgehead atoms. The van der Waals surface area contributed by atoms with Crippen molar-refractivity contribution in [2.75, 3.05) is 0 Å². The van der Waals surface area contributed by atoms with E-state index in [1.807, 2.05) is 13.8 Å². The van der Waals surface area contributed by atoms with Crippen LogP contribution >= 0.6 is 0 Å². The maximum absolute atomic E-state index is 5.93. The van der Waals surface area contributed by atoms with E-state index in [1.165, 1.54) is 22.1 Å². The molecule has 90 valence electrons. The van der Waals surface area contributed by atoms with Gasteiger partial charge in [-0.1, -0.05) is 6.07 Å². The molecule has 0 amide bonds. The predicted octanol–water partition coefficient (Wildman–Crippen LogP) is 3.05. The summed E-state index contributed by atoms with van der Waals surface area (Å²) in [6.07, 6.45) is 0.907. The van der Waals surface area contributed by atoms with Gasteiger partial charge >= 0.3 is 0 Å². The first-order chi connectivity index (χ1) is 7.97. The van der Waals surface area contributed by atoms with E-state index in [4.69, 9.17) is 5.73 Å². The number of hydrogen-bond donors (Lipinski definition) is 1. The molecule has 2 N–H and O–H groups in total. The number of aromatic nitrogens is 1. The average molecular weight is 228 g/mol. The number of nitrogens with zero attached hydrogens (tertiary/aromatic N) is 1. The van der Waals surface area contributed by atoms with Gasteiger partial charge in [0, 0.05) is 17.1 Å². The molecular formula is C15H20N2. The summed E-state index contributed by atoms with van der Waals surface area (Å²) in [6.45, 7) is 8.35. The SMILES string of the molecule is Cc1cc(C)c2c(CC(C)N)cc(C)nc2c1. The van der Waals surface area contributed by atoms with Crippen LogP contribution in [0.1, 0.15) is 29.3 Å². The Kier molecular flexibility index (Phi) is 3.16. The largest absolute Gasteiger partial charge is 0.328 e. The molecule has 1 aromatic heterocycles. The maximum Gasteiger partial charge on any atom is 0.0713 e. The molecule has 2 rings (SSSR count). The van der Waals surface area contributed by atoms with Gasteiger partial charge in [0.05, 0.1) is 5.52 Å². The molecule has 2 aromatic rings. The van der Waals surface area contributed by atoms with Crippen LogP contribution < -0.4 is 5.73 Å². The van der Waals surface area contributed by atoms with Crippen molar-refractivity contribution in [1.29, 1.82) is 0 Å². The van der Waals surface area contributed by atoms with E-state index in [9.17, 15) is 0 Å². The number of rotatable bonds is 2. The second-order valence-corrected chi connectivity index (χ2v) is 5.08. The highest BCUT2D eigenvalue weighted by Crippen LogP contribution is 2.24. The number of pyridine rings is 1. The molecule has 0 aliphatic rings. The third-order valence-electron chi connectivity index (χ3n) is 3.00. The van der Waals surface area contributed by atoms with E-state index in [0.717, 1.165) is 17.6 Å². The van der Waals surface area contributed by atoms with Crippen molar-refractivity contribution < 1.29 is 0 Å². The molecule has 1 aromatic carbocycles. The Labute approximate surface area is 103 Å². The van der Waals surface area contributed by atoms with Crippen LogP contribution in [0.15, 0.2) is 18.2 Å². The van der Waals surface area contributed by atoms with Gasteiger partial charge in [0.15, 0.2) is 0 Å². The van der Waals surface area contributed by atoms with Crippen molar-refractivity contribution in [2.24, 2.45) is 5.73 Å². The molecule has 17 heavy (non-hydrogen) atoms. The Balaban J connectivity index is 2.73. The van der Waals surface area contributed by atoms with Gasteiger partial charge in [-0.05, 0) is 62.9 Å². The zero-order valence-corrected chi connectivity index (χ0v) is 11.0. The van der Waals surface area contributed by atoms with Gasteiger partial charge in [0.2, 0.25) is 0 Å². The number of nitrogens with two attached hydrogens (primary N) is 1. The Hall–Kier alpha value is -1.41. The zero-order chi connectivity index (χ0) is 12.6. The molecule has 2 heteroatoms. The molecular weight excluding hydrogens is 208 g/mol. The van der Waals surface area contributed by atoms with Gasteiger partial charge in [-0.15, -0.1) is 0 Å². The summed E-state index contributed by atoms with van der Waals surface area (Å²) in [4.78, 5) is 4.62. The highest BCUT2D eigenvalue weighted by molar-refractivity contribution is 5.86. The van der Waals surface area contributed by atoms with Gasteiger partial charge in [-0.3, -0.25) is 4.98 Å². The fraction of sp³-hybridized carbons (Fsp3) is 0.400. The molecule has 0 saturated carbocycles. The van der Waals surface area contributed by atoms with Gasteiger partial charge < -0.3 is 5.73 Å². The summed E-state index contributed by atoms with van der Waals surface area (Å²) in [5.41, 5.74) is 12.0. The summed E-state index contributed by atoms with van der Waals surface area (Å²) in [5.74, 6) is 0. The molecule has 0 aliphatic heterocycles. The molecule has 0 aliphatic carbocycles. The first kappa shape index (κ1) is 12.1. The van der Waals surface area contributed by atoms with E-state index in [1.54, 1.807) is 0 Å². The van der Waals surface area contributed by atoms with E-state index in [0.29, 0.717) is 0 Å². The monoisotopic (exact) mass is 228 g/mol. The minimum atomic E-state index is 0.181. The lowest BCUT2D eigenvalue weighted by atomic mass is 9.97. The predicted molar refractivity (Wildman–Crippen MR) is 73.3 cm³/mol. The fourth-order valence-electron chi connectivity index (χ4n) is 2.51. The van der Waals surface area contributed by atoms with Crippen molar-refractivity contribution in [3.05, 3.63) is 40.6 Å². The summed E-state index contributed by atoms with van der Waals surface area (Å²) in [6, 6.07) is 6.71. The van der Waals surface area contributed by atoms with Crippen LogP contribution in [0.3, 0.4) is 0 Å². The highest BCUT2D eigenvalue weighted by atomic mass is 14.7. The highest BCUT2D eigenvalue weighted by Gasteiger charge is 2.09. The number of benzene rings is 1. The minimum absolute atomic E-state index is 0.181. The molecule has 0 radical (unpaired) electrons. The lowest BCUT2D eigenvalue weighted by Gasteiger charge is -2.13. The van der Waals surface area contributed by atoms with Crippen LogP contribution in [-0.4, -0.2) is 11.0 Å². The number of fused-ring (bicyclic) bond motifs is 1. The second kappa shape index (κ2) is 4.46. The van der Waals surface area contributed by atoms with Gasteiger partial charge in [-0.25, -0.2) is 0 Å². The summed E-state index contributed by atoms with van der Waals surface area (Å²) in [5, 5.41) is 1.28. The lowest BCUT2D eigenvalue weighted by Crippen LogP contribution is -2.18. The molecule has 0 saturated heterocycles. The Morgan fingerprint density at radius 3 is 2.53 bits per heavy atom. The quantitative estimate of drug-likeness (QED) is 0.858. The topological polar surface area (TPSA) is 38.9 Å². The van der Waals surface area contributed by atoms with Crippen molar-refractivity contribution in [1.82, 2.24) is 4.98 Å². The first-order valence-electron chi connectivity index (χ1n) is 6.10. The summed E-state index contributed by atoms with van der Waals surface area (Å²) < 4.78 is 0. The van der Waals surface area contributed by atoms with Crippen molar-refractivity contribution >= 4 is 10.9 Å². The van der Waals surface area contributed by atoms with E-state index in [-0.39, 0.29) is 6.04 Å². The summed E-state index contributed by atoms with van der Waals surface area (Å²) >= 11 is 0. The lowest BCUT2D eigenvalue weighted by molar-refractivity contribution is 0.740. The third-order valence-corrected chi connectivity index (χ3v) is 3.00. The normalized spacial score (nSPS) is 13.0. The smallest absolute Gasteiger partial charge is 0.0713 e. The standard InChI is InChI=1S/C15H20N2/c1-9-5-10(2)15-13(7-11(3)16)8-12(4)17-14(15)6-9/h5-6,8,11H,7,16H2,1-4H3. The van der Waals surface area contributed by atoms with Gasteiger partial charge in [-0.2, -0.15) is 0 Å². The molecule has 0 fully saturated rings. The fourth-order valence-corrected chi connectivity index (χ4v) is 2.51. The molecule has 0 spiro atoms. The van der Waals surface area contributed by atoms with Crippen LogP contribution in [0.2, 0.25) is 0 Å². The van der Waals surface area contributed by atoms with Gasteiger partial charge in [0.1, 0.15) is 0 Å². The Bertz CT molecular complexity index is 551. The third kappa shape index (κ3) is 2.47. The maximum atomic E-state index is 5.93. The van der Waals surface area contributed by atoms with Crippen LogP contribution in [0.5, 0.6) is 0 Å². The Morgan fingerprint density at radius 2 is 1.88 bits per heavy atom. The van der Waals surface area contributed by atoms with Gasteiger partial charge in [0.25, 0.3) is 0 Å². The zero-order valence-electron chi connectivity index (χ0n) is 11.0. The van der Waals surface area contributed by atoms with Crippen LogP contribution in [0, 0.1) is 20.8 Å². The molecule has 1 heterocycles. The van der Waals surface area contributed by atoms with E-state index in [2.05, 4.69) is 37.0 Å². The first-order valence-corrected chi connectivity index (χ1v) is 6.10. The number of hydrogen-bond acceptors (Lipinski definition) is 2. The van der Waals surface area contributed by atoms with E-state index >= 15 is 0 Å². The van der Waals surface area contributed by atoms with Crippen LogP contribution in [-0.2, 0) is 6.42 Å². The van der Waals surface area contributed by atoms with Crippen LogP contribution in [0.4, 0.5) is 0 Å². The Morgan fingerprint density at radius 1 is 1.18 bits per heavy atom. The van der Waals surface area contributed by atoms with Crippen LogP contribution in [0.25, 0.3) is 10.9 Å². The van der Waals surface area contributed by atoms with Crippen molar-refractivity contribution in [3.8, 4) is 0 Å².